The molecule has 10 nitrogen and oxygen atoms in total. The Balaban J connectivity index is 2.00. The van der Waals surface area contributed by atoms with Crippen LogP contribution in [0.3, 0.4) is 0 Å². The van der Waals surface area contributed by atoms with Crippen LogP contribution in [0.25, 0.3) is 11.0 Å². The number of aryl methyl sites for hydroxylation is 1. The Morgan fingerprint density at radius 2 is 1.78 bits per heavy atom. The van der Waals surface area contributed by atoms with Crippen molar-refractivity contribution in [1.82, 2.24) is 18.4 Å². The number of hydrogen-bond acceptors (Lipinski definition) is 6. The summed E-state index contributed by atoms with van der Waals surface area (Å²) in [6.07, 6.45) is 1.26. The van der Waals surface area contributed by atoms with Gasteiger partial charge in [-0.1, -0.05) is 13.8 Å². The number of nitrogens with zero attached hydrogens (tertiary/aromatic N) is 4. The molecule has 3 rings (SSSR count). The number of pyridine rings is 1. The summed E-state index contributed by atoms with van der Waals surface area (Å²) in [6, 6.07) is 4.40. The van der Waals surface area contributed by atoms with E-state index in [0.717, 1.165) is 27.1 Å². The zero-order valence-electron chi connectivity index (χ0n) is 17.9. The van der Waals surface area contributed by atoms with Gasteiger partial charge in [-0.05, 0) is 24.3 Å². The fourth-order valence-electron chi connectivity index (χ4n) is 3.28. The van der Waals surface area contributed by atoms with E-state index in [2.05, 4.69) is 10.3 Å². The van der Waals surface area contributed by atoms with Crippen molar-refractivity contribution in [2.45, 2.75) is 18.7 Å². The highest BCUT2D eigenvalue weighted by atomic mass is 32.2. The van der Waals surface area contributed by atoms with Crippen LogP contribution in [0, 0.1) is 5.82 Å². The first-order valence-electron chi connectivity index (χ1n) is 9.69. The summed E-state index contributed by atoms with van der Waals surface area (Å²) in [4.78, 5) is 40.6. The fourth-order valence-corrected chi connectivity index (χ4v) is 4.83. The predicted molar refractivity (Wildman–Crippen MR) is 117 cm³/mol. The molecule has 170 valence electrons. The zero-order chi connectivity index (χ0) is 23.8. The van der Waals surface area contributed by atoms with Crippen LogP contribution in [-0.2, 0) is 24.1 Å². The van der Waals surface area contributed by atoms with Crippen molar-refractivity contribution < 1.29 is 17.6 Å². The Hall–Kier alpha value is -3.38. The number of aromatic nitrogens is 3. The van der Waals surface area contributed by atoms with Gasteiger partial charge in [-0.15, -0.1) is 0 Å². The number of amides is 1. The molecule has 0 aliphatic rings. The van der Waals surface area contributed by atoms with Gasteiger partial charge in [0.05, 0.1) is 17.3 Å². The normalized spacial score (nSPS) is 11.8. The molecule has 0 unspecified atom stereocenters. The molecular weight excluding hydrogens is 441 g/mol. The van der Waals surface area contributed by atoms with Gasteiger partial charge in [0.15, 0.2) is 0 Å². The second kappa shape index (κ2) is 8.63. The van der Waals surface area contributed by atoms with Crippen LogP contribution in [0.1, 0.15) is 24.2 Å². The van der Waals surface area contributed by atoms with E-state index in [1.807, 2.05) is 0 Å². The largest absolute Gasteiger partial charge is 0.332 e. The number of anilines is 1. The monoisotopic (exact) mass is 463 g/mol. The Morgan fingerprint density at radius 1 is 1.12 bits per heavy atom. The molecule has 0 saturated heterocycles. The highest BCUT2D eigenvalue weighted by Crippen LogP contribution is 2.22. The van der Waals surface area contributed by atoms with Crippen molar-refractivity contribution in [2.75, 3.05) is 18.4 Å². The minimum Gasteiger partial charge on any atom is -0.321 e. The van der Waals surface area contributed by atoms with Crippen molar-refractivity contribution >= 4 is 32.7 Å². The van der Waals surface area contributed by atoms with Crippen LogP contribution in [-0.4, -0.2) is 45.8 Å². The summed E-state index contributed by atoms with van der Waals surface area (Å²) >= 11 is 0. The summed E-state index contributed by atoms with van der Waals surface area (Å²) in [6.45, 7) is 3.55. The van der Waals surface area contributed by atoms with Gasteiger partial charge in [0.1, 0.15) is 16.4 Å². The molecular formula is C20H22FN5O5S. The van der Waals surface area contributed by atoms with Crippen LogP contribution in [0.5, 0.6) is 0 Å². The second-order valence-electron chi connectivity index (χ2n) is 6.99. The summed E-state index contributed by atoms with van der Waals surface area (Å²) in [7, 11) is -1.33. The van der Waals surface area contributed by atoms with Gasteiger partial charge in [-0.2, -0.15) is 4.31 Å². The Bertz CT molecular complexity index is 1440. The topological polar surface area (TPSA) is 123 Å². The van der Waals surface area contributed by atoms with Crippen LogP contribution in [0.4, 0.5) is 10.1 Å². The average molecular weight is 463 g/mol. The third-order valence-corrected chi connectivity index (χ3v) is 7.13. The number of carbonyl (C=O) groups excluding carboxylic acids is 1. The molecule has 2 heterocycles. The molecule has 2 aromatic heterocycles. The molecule has 1 N–H and O–H groups in total. The number of benzene rings is 1. The van der Waals surface area contributed by atoms with Crippen molar-refractivity contribution in [3.63, 3.8) is 0 Å². The first-order valence-corrected chi connectivity index (χ1v) is 11.1. The van der Waals surface area contributed by atoms with Gasteiger partial charge in [-0.3, -0.25) is 18.7 Å². The van der Waals surface area contributed by atoms with Crippen LogP contribution in [0.15, 0.2) is 44.9 Å². The summed E-state index contributed by atoms with van der Waals surface area (Å²) < 4.78 is 42.9. The van der Waals surface area contributed by atoms with Crippen molar-refractivity contribution in [3.8, 4) is 0 Å². The van der Waals surface area contributed by atoms with Gasteiger partial charge < -0.3 is 5.32 Å². The van der Waals surface area contributed by atoms with E-state index >= 15 is 0 Å². The number of fused-ring (bicyclic) bond motifs is 1. The first-order chi connectivity index (χ1) is 15.0. The number of rotatable bonds is 6. The molecule has 0 fully saturated rings. The Morgan fingerprint density at radius 3 is 2.41 bits per heavy atom. The van der Waals surface area contributed by atoms with E-state index in [4.69, 9.17) is 0 Å². The number of carbonyl (C=O) groups is 1. The average Bonchev–Trinajstić information content (AvgIpc) is 2.76. The lowest BCUT2D eigenvalue weighted by Crippen LogP contribution is -2.37. The van der Waals surface area contributed by atoms with Crippen LogP contribution in [0.2, 0.25) is 0 Å². The van der Waals surface area contributed by atoms with Crippen LogP contribution >= 0.6 is 0 Å². The van der Waals surface area contributed by atoms with Gasteiger partial charge in [0.25, 0.3) is 11.5 Å². The van der Waals surface area contributed by atoms with Gasteiger partial charge in [-0.25, -0.2) is 22.6 Å². The fraction of sp³-hybridized carbons (Fsp3) is 0.300. The maximum absolute atomic E-state index is 14.3. The van der Waals surface area contributed by atoms with Gasteiger partial charge in [0, 0.05) is 32.7 Å². The van der Waals surface area contributed by atoms with E-state index in [1.54, 1.807) is 13.8 Å². The lowest BCUT2D eigenvalue weighted by molar-refractivity contribution is 0.102. The number of hydrogen-bond donors (Lipinski definition) is 1. The van der Waals surface area contributed by atoms with Crippen molar-refractivity contribution in [1.29, 1.82) is 0 Å². The molecule has 0 spiro atoms. The van der Waals surface area contributed by atoms with E-state index in [0.29, 0.717) is 0 Å². The van der Waals surface area contributed by atoms with E-state index < -0.39 is 37.9 Å². The maximum Gasteiger partial charge on any atom is 0.332 e. The molecule has 1 aromatic carbocycles. The van der Waals surface area contributed by atoms with E-state index in [9.17, 15) is 27.2 Å². The molecule has 0 aliphatic carbocycles. The number of halogens is 1. The summed E-state index contributed by atoms with van der Waals surface area (Å²) in [5, 5.41) is 2.63. The number of sulfonamides is 1. The molecule has 32 heavy (non-hydrogen) atoms. The quantitative estimate of drug-likeness (QED) is 0.583. The predicted octanol–water partition coefficient (Wildman–Crippen LogP) is 1.05. The van der Waals surface area contributed by atoms with Crippen molar-refractivity contribution in [2.24, 2.45) is 14.1 Å². The molecule has 0 aliphatic heterocycles. The molecule has 1 amide bonds. The van der Waals surface area contributed by atoms with Crippen molar-refractivity contribution in [3.05, 3.63) is 62.7 Å². The third kappa shape index (κ3) is 3.94. The lowest BCUT2D eigenvalue weighted by Gasteiger charge is -2.19. The van der Waals surface area contributed by atoms with Crippen LogP contribution < -0.4 is 16.6 Å². The van der Waals surface area contributed by atoms with E-state index in [-0.39, 0.29) is 35.4 Å². The minimum atomic E-state index is -4.12. The second-order valence-corrected chi connectivity index (χ2v) is 8.90. The molecule has 0 radical (unpaired) electrons. The standard InChI is InChI=1S/C20H22FN5O5S/c1-5-26(6-2)32(30,31)16-9-12(7-8-15(16)21)18(27)23-13-10-14-17(22-11-13)24(3)20(29)25(4)19(14)28/h7-11H,5-6H2,1-4H3,(H,23,27). The third-order valence-electron chi connectivity index (χ3n) is 5.07. The minimum absolute atomic E-state index is 0.0920. The summed E-state index contributed by atoms with van der Waals surface area (Å²) in [5.41, 5.74) is -0.923. The smallest absolute Gasteiger partial charge is 0.321 e. The molecule has 0 atom stereocenters. The Kier molecular flexibility index (Phi) is 6.28. The molecule has 0 bridgehead atoms. The van der Waals surface area contributed by atoms with Gasteiger partial charge >= 0.3 is 5.69 Å². The van der Waals surface area contributed by atoms with Gasteiger partial charge in [0.2, 0.25) is 10.0 Å². The maximum atomic E-state index is 14.3. The lowest BCUT2D eigenvalue weighted by atomic mass is 10.2. The van der Waals surface area contributed by atoms with E-state index in [1.165, 1.54) is 30.9 Å². The molecule has 12 heteroatoms. The number of nitrogens with one attached hydrogen (secondary N) is 1. The SMILES string of the molecule is CCN(CC)S(=O)(=O)c1cc(C(=O)Nc2cnc3c(c2)c(=O)n(C)c(=O)n3C)ccc1F. The highest BCUT2D eigenvalue weighted by Gasteiger charge is 2.26. The zero-order valence-corrected chi connectivity index (χ0v) is 18.7. The molecule has 3 aromatic rings. The Labute approximate surface area is 183 Å². The summed E-state index contributed by atoms with van der Waals surface area (Å²) in [5.74, 6) is -1.69. The highest BCUT2D eigenvalue weighted by molar-refractivity contribution is 7.89. The molecule has 0 saturated carbocycles. The first kappa shape index (κ1) is 23.3.